The predicted molar refractivity (Wildman–Crippen MR) is 421 cm³/mol. The molecule has 0 bridgehead atoms. The molecule has 34 heteroatoms. The number of hydrogen-bond acceptors (Lipinski definition) is 18. The van der Waals surface area contributed by atoms with Crippen molar-refractivity contribution in [3.63, 3.8) is 0 Å². The van der Waals surface area contributed by atoms with E-state index >= 15 is 14.4 Å². The third-order valence-corrected chi connectivity index (χ3v) is 20.5. The Morgan fingerprint density at radius 1 is 0.518 bits per heavy atom. The first kappa shape index (κ1) is 86.1. The normalized spacial score (nSPS) is 23.8. The summed E-state index contributed by atoms with van der Waals surface area (Å²) in [4.78, 5) is 211. The van der Waals surface area contributed by atoms with Crippen LogP contribution in [0.4, 0.5) is 0 Å². The molecule has 2 aliphatic heterocycles. The molecule has 8 rings (SSSR count). The van der Waals surface area contributed by atoms with Gasteiger partial charge in [0.05, 0.1) is 25.3 Å². The summed E-state index contributed by atoms with van der Waals surface area (Å²) in [5, 5.41) is 45.2. The number of carbonyl (C=O) groups is 14. The Morgan fingerprint density at radius 3 is 1.56 bits per heavy atom. The number of nitrogens with one attached hydrogen (secondary N) is 14. The van der Waals surface area contributed by atoms with Crippen molar-refractivity contribution in [2.45, 2.75) is 172 Å². The highest BCUT2D eigenvalue weighted by Crippen LogP contribution is 2.24. The highest BCUT2D eigenvalue weighted by Gasteiger charge is 2.39. The number of aromatic amines is 2. The van der Waals surface area contributed by atoms with Gasteiger partial charge in [0, 0.05) is 84.0 Å². The number of unbranched alkanes of at least 4 members (excludes halogenated alkanes) is 1. The number of aliphatic imine (C=N–C) groups is 1. The second kappa shape index (κ2) is 41.5. The van der Waals surface area contributed by atoms with Crippen molar-refractivity contribution in [3.05, 3.63) is 132 Å². The molecule has 21 N–H and O–H groups in total. The van der Waals surface area contributed by atoms with Gasteiger partial charge in [0.2, 0.25) is 82.7 Å². The number of carbonyl (C=O) groups excluding carboxylic acids is 14. The van der Waals surface area contributed by atoms with Crippen LogP contribution in [0.2, 0.25) is 0 Å². The minimum atomic E-state index is -1.84. The van der Waals surface area contributed by atoms with Gasteiger partial charge in [-0.1, -0.05) is 133 Å². The van der Waals surface area contributed by atoms with Gasteiger partial charge in [-0.3, -0.25) is 72.1 Å². The summed E-state index contributed by atoms with van der Waals surface area (Å²) < 4.78 is 0. The topological polar surface area (TPSA) is 526 Å². The van der Waals surface area contributed by atoms with Crippen LogP contribution in [0.5, 0.6) is 0 Å². The van der Waals surface area contributed by atoms with E-state index in [1.54, 1.807) is 109 Å². The van der Waals surface area contributed by atoms with Crippen molar-refractivity contribution in [1.29, 1.82) is 0 Å². The summed E-state index contributed by atoms with van der Waals surface area (Å²) in [6.45, 7) is 8.17. The molecule has 2 aliphatic rings. The molecule has 2 aromatic heterocycles. The molecule has 0 spiro atoms. The summed E-state index contributed by atoms with van der Waals surface area (Å²) in [6.07, 6.45) is 6.02. The van der Waals surface area contributed by atoms with Crippen LogP contribution in [0.1, 0.15) is 103 Å². The lowest BCUT2D eigenvalue weighted by Gasteiger charge is -2.29. The number of para-hydroxylation sites is 2. The fourth-order valence-corrected chi connectivity index (χ4v) is 13.8. The fourth-order valence-electron chi connectivity index (χ4n) is 13.0. The Balaban J connectivity index is 1.14. The number of fused-ring (bicyclic) bond motifs is 3. The number of hydrogen-bond donors (Lipinski definition) is 18. The highest BCUT2D eigenvalue weighted by atomic mass is 32.2. The van der Waals surface area contributed by atoms with E-state index < -0.39 is 192 Å². The smallest absolute Gasteiger partial charge is 0.245 e. The molecule has 112 heavy (non-hydrogen) atoms. The molecule has 0 saturated carbocycles. The SMILES string of the molecule is CC[C@H](C)[C@@H]1NC(=O)[C@H](Cc2ccc3ccccc3c2)NC(=O)CSC[C@@H](C(N)=O)NC(=O)[C@H](C(C)C)NC(=O)[C@@H](Cc2c[nH]c3ccccc23)NC(=O)[C@H](CCCCN)NC(=O)[C@H](C(C)C)NC(=O)[C@H](Cc2c[nH]c3ccccc23)NC(=O)[C@H](CC(N)=O)NC(=O)[C@H](CC2=CCC=N2)NC(=O)CNC(=O)[C@H](CO)NC1=O. The van der Waals surface area contributed by atoms with Gasteiger partial charge in [-0.05, 0) is 83.2 Å². The molecule has 6 aromatic rings. The first-order chi connectivity index (χ1) is 53.5. The number of aliphatic hydroxyl groups excluding tert-OH is 1. The van der Waals surface area contributed by atoms with Crippen LogP contribution in [-0.4, -0.2) is 202 Å². The van der Waals surface area contributed by atoms with Crippen LogP contribution in [0.3, 0.4) is 0 Å². The Hall–Kier alpha value is -11.5. The quantitative estimate of drug-likeness (QED) is 0.0433. The van der Waals surface area contributed by atoms with Crippen LogP contribution in [0, 0.1) is 17.8 Å². The number of primary amides is 2. The zero-order valence-electron chi connectivity index (χ0n) is 63.4. The molecular formula is C78H102N18O15S. The molecule has 4 heterocycles. The number of H-pyrrole nitrogens is 2. The molecule has 0 aliphatic carbocycles. The first-order valence-electron chi connectivity index (χ1n) is 37.4. The van der Waals surface area contributed by atoms with E-state index in [1.165, 1.54) is 6.21 Å². The van der Waals surface area contributed by atoms with Gasteiger partial charge < -0.3 is 96.1 Å². The zero-order valence-corrected chi connectivity index (χ0v) is 64.2. The molecule has 0 radical (unpaired) electrons. The minimum absolute atomic E-state index is 0.0384. The largest absolute Gasteiger partial charge is 0.394 e. The van der Waals surface area contributed by atoms with Crippen molar-refractivity contribution in [1.82, 2.24) is 73.8 Å². The molecule has 12 atom stereocenters. The molecule has 33 nitrogen and oxygen atoms in total. The van der Waals surface area contributed by atoms with E-state index in [1.807, 2.05) is 42.5 Å². The summed E-state index contributed by atoms with van der Waals surface area (Å²) in [6, 6.07) is 10.4. The Kier molecular flexibility index (Phi) is 31.9. The van der Waals surface area contributed by atoms with Crippen molar-refractivity contribution in [2.24, 2.45) is 39.9 Å². The number of amides is 14. The summed E-state index contributed by atoms with van der Waals surface area (Å²) in [5.74, 6) is -16.0. The van der Waals surface area contributed by atoms with E-state index in [2.05, 4.69) is 78.8 Å². The number of aromatic nitrogens is 2. The summed E-state index contributed by atoms with van der Waals surface area (Å²) in [7, 11) is 0. The second-order valence-corrected chi connectivity index (χ2v) is 29.7. The standard InChI is InChI=1S/C78H102N18O15S/c1-7-43(6)67-78(111)92-60(38-97)69(102)85-37-63(99)86-58(33-49-19-16-28-82-49)71(104)91-59(34-62(80)98)72(105)90-57(32-48-36-84-53-23-13-11-21-51(48)53)75(108)94-65(41(2)3)76(109)88-54(24-14-15-27-79)70(103)89-56(31-47-35-83-52-22-12-10-20-50(47)52)74(107)95-66(42(4)5)77(110)93-61(68(81)101)39-112-40-64(100)87-55(73(106)96-67)30-44-25-26-45-17-8-9-18-46(45)29-44/h8-13,17-23,25-26,28-29,35-36,41-43,54-61,65-67,83-84,97H,7,14-16,24,27,30-34,37-40,79H2,1-6H3,(H2,80,98)(H2,81,101)(H,85,102)(H,86,99)(H,87,100)(H,88,109)(H,89,103)(H,90,105)(H,91,104)(H,92,111)(H,93,110)(H,94,108)(H,95,107)(H,96,106)/t43-,54-,55-,56+,57-,58-,59-,60-,61-,65-,66-,67-/m0/s1. The number of aliphatic hydroxyl groups is 1. The maximum atomic E-state index is 15.1. The van der Waals surface area contributed by atoms with Gasteiger partial charge in [0.25, 0.3) is 0 Å². The van der Waals surface area contributed by atoms with Crippen LogP contribution in [-0.2, 0) is 86.4 Å². The van der Waals surface area contributed by atoms with Gasteiger partial charge in [0.15, 0.2) is 0 Å². The molecule has 1 fully saturated rings. The number of rotatable bonds is 20. The maximum Gasteiger partial charge on any atom is 0.245 e. The molecule has 4 aromatic carbocycles. The monoisotopic (exact) mass is 1560 g/mol. The average molecular weight is 1560 g/mol. The number of nitrogens with zero attached hydrogens (tertiary/aromatic N) is 1. The summed E-state index contributed by atoms with van der Waals surface area (Å²) >= 11 is 0.873. The number of benzene rings is 4. The maximum absolute atomic E-state index is 15.1. The van der Waals surface area contributed by atoms with E-state index in [9.17, 15) is 57.8 Å². The average Bonchev–Trinajstić information content (AvgIpc) is 1.72. The van der Waals surface area contributed by atoms with Gasteiger partial charge in [-0.15, -0.1) is 11.8 Å². The van der Waals surface area contributed by atoms with Gasteiger partial charge in [-0.25, -0.2) is 0 Å². The lowest BCUT2D eigenvalue weighted by molar-refractivity contribution is -0.137. The van der Waals surface area contributed by atoms with Crippen molar-refractivity contribution >= 4 is 133 Å². The first-order valence-corrected chi connectivity index (χ1v) is 38.6. The van der Waals surface area contributed by atoms with Crippen LogP contribution in [0.15, 0.2) is 120 Å². The Bertz CT molecular complexity index is 4480. The Labute approximate surface area is 651 Å². The molecule has 600 valence electrons. The van der Waals surface area contributed by atoms with E-state index in [4.69, 9.17) is 17.2 Å². The number of allylic oxidation sites excluding steroid dienone is 1. The van der Waals surface area contributed by atoms with Crippen LogP contribution < -0.4 is 81.0 Å². The molecule has 14 amide bonds. The van der Waals surface area contributed by atoms with Crippen molar-refractivity contribution in [2.75, 3.05) is 31.2 Å². The predicted octanol–water partition coefficient (Wildman–Crippen LogP) is -0.385. The van der Waals surface area contributed by atoms with Crippen molar-refractivity contribution in [3.8, 4) is 0 Å². The lowest BCUT2D eigenvalue weighted by Crippen LogP contribution is -2.62. The number of thioether (sulfide) groups is 1. The second-order valence-electron chi connectivity index (χ2n) is 28.7. The van der Waals surface area contributed by atoms with Crippen LogP contribution in [0.25, 0.3) is 32.6 Å². The molecule has 0 unspecified atom stereocenters. The van der Waals surface area contributed by atoms with Gasteiger partial charge >= 0.3 is 0 Å². The van der Waals surface area contributed by atoms with E-state index in [0.29, 0.717) is 57.0 Å². The highest BCUT2D eigenvalue weighted by molar-refractivity contribution is 8.00. The zero-order chi connectivity index (χ0) is 81.3. The third kappa shape index (κ3) is 24.5. The van der Waals surface area contributed by atoms with E-state index in [0.717, 1.165) is 22.5 Å². The van der Waals surface area contributed by atoms with Gasteiger partial charge in [0.1, 0.15) is 66.5 Å². The lowest BCUT2D eigenvalue weighted by atomic mass is 9.96. The minimum Gasteiger partial charge on any atom is -0.394 e. The van der Waals surface area contributed by atoms with E-state index in [-0.39, 0.29) is 57.2 Å². The summed E-state index contributed by atoms with van der Waals surface area (Å²) in [5.41, 5.74) is 20.9. The fraction of sp³-hybridized carbons (Fsp3) is 0.449. The van der Waals surface area contributed by atoms with Gasteiger partial charge in [-0.2, -0.15) is 0 Å². The third-order valence-electron chi connectivity index (χ3n) is 19.5. The van der Waals surface area contributed by atoms with Crippen LogP contribution >= 0.6 is 11.8 Å². The molecule has 1 saturated heterocycles. The Morgan fingerprint density at radius 2 is 1.01 bits per heavy atom. The molecular weight excluding hydrogens is 1460 g/mol. The van der Waals surface area contributed by atoms with Crippen molar-refractivity contribution < 1.29 is 72.2 Å². The number of nitrogens with two attached hydrogens (primary N) is 3.